The number of benzene rings is 1. The Morgan fingerprint density at radius 2 is 1.87 bits per heavy atom. The first-order chi connectivity index (χ1) is 7.25. The monoisotopic (exact) mass is 220 g/mol. The average Bonchev–Trinajstić information content (AvgIpc) is 2.51. The van der Waals surface area contributed by atoms with Crippen LogP contribution >= 0.6 is 12.2 Å². The summed E-state index contributed by atoms with van der Waals surface area (Å²) in [5, 5.41) is 0. The minimum Gasteiger partial charge on any atom is -0.320 e. The zero-order chi connectivity index (χ0) is 10.8. The first-order valence-corrected chi connectivity index (χ1v) is 5.80. The number of hydrogen-bond donors (Lipinski definition) is 0. The Morgan fingerprint density at radius 3 is 2.53 bits per heavy atom. The lowest BCUT2D eigenvalue weighted by Crippen LogP contribution is -1.98. The van der Waals surface area contributed by atoms with Crippen LogP contribution in [-0.2, 0) is 13.6 Å². The van der Waals surface area contributed by atoms with E-state index in [2.05, 4.69) is 40.3 Å². The van der Waals surface area contributed by atoms with Crippen LogP contribution in [0.2, 0.25) is 0 Å². The second-order valence-corrected chi connectivity index (χ2v) is 4.20. The number of aryl methyl sites for hydroxylation is 2. The van der Waals surface area contributed by atoms with Crippen molar-refractivity contribution in [3.8, 4) is 0 Å². The van der Waals surface area contributed by atoms with Crippen LogP contribution in [0.25, 0.3) is 11.0 Å². The number of imidazole rings is 1. The van der Waals surface area contributed by atoms with E-state index in [0.717, 1.165) is 11.3 Å². The van der Waals surface area contributed by atoms with E-state index in [1.807, 2.05) is 7.05 Å². The summed E-state index contributed by atoms with van der Waals surface area (Å²) in [6.07, 6.45) is 2.38. The molecular weight excluding hydrogens is 204 g/mol. The Bertz CT molecular complexity index is 522. The molecule has 2 nitrogen and oxygen atoms in total. The smallest absolute Gasteiger partial charge is 0.180 e. The van der Waals surface area contributed by atoms with Crippen LogP contribution in [0.3, 0.4) is 0 Å². The van der Waals surface area contributed by atoms with Crippen LogP contribution in [0.1, 0.15) is 19.8 Å². The van der Waals surface area contributed by atoms with E-state index < -0.39 is 0 Å². The normalized spacial score (nSPS) is 11.1. The zero-order valence-electron chi connectivity index (χ0n) is 9.23. The van der Waals surface area contributed by atoms with E-state index >= 15 is 0 Å². The molecule has 0 spiro atoms. The molecule has 0 unspecified atom stereocenters. The van der Waals surface area contributed by atoms with Gasteiger partial charge >= 0.3 is 0 Å². The Balaban J connectivity index is 2.62. The molecular formula is C12H16N2S. The topological polar surface area (TPSA) is 9.86 Å². The summed E-state index contributed by atoms with van der Waals surface area (Å²) >= 11 is 5.43. The van der Waals surface area contributed by atoms with Crippen molar-refractivity contribution in [1.29, 1.82) is 0 Å². The maximum atomic E-state index is 5.43. The zero-order valence-corrected chi connectivity index (χ0v) is 10.0. The Morgan fingerprint density at radius 1 is 1.20 bits per heavy atom. The molecule has 15 heavy (non-hydrogen) atoms. The lowest BCUT2D eigenvalue weighted by atomic mass is 10.3. The van der Waals surface area contributed by atoms with Crippen molar-refractivity contribution in [2.75, 3.05) is 0 Å². The van der Waals surface area contributed by atoms with Crippen LogP contribution in [0.15, 0.2) is 24.3 Å². The maximum absolute atomic E-state index is 5.43. The van der Waals surface area contributed by atoms with Crippen molar-refractivity contribution in [1.82, 2.24) is 9.13 Å². The number of para-hydroxylation sites is 2. The van der Waals surface area contributed by atoms with Gasteiger partial charge < -0.3 is 9.13 Å². The van der Waals surface area contributed by atoms with Gasteiger partial charge in [0.2, 0.25) is 0 Å². The number of hydrogen-bond acceptors (Lipinski definition) is 1. The maximum Gasteiger partial charge on any atom is 0.180 e. The third kappa shape index (κ3) is 1.72. The van der Waals surface area contributed by atoms with Crippen molar-refractivity contribution in [3.05, 3.63) is 29.0 Å². The highest BCUT2D eigenvalue weighted by atomic mass is 32.1. The summed E-state index contributed by atoms with van der Waals surface area (Å²) in [6, 6.07) is 8.38. The standard InChI is InChI=1S/C12H16N2S/c1-3-4-9-14-11-8-6-5-7-10(11)13(2)12(14)15/h5-8H,3-4,9H2,1-2H3. The van der Waals surface area contributed by atoms with Gasteiger partial charge in [-0.3, -0.25) is 0 Å². The molecule has 0 amide bonds. The summed E-state index contributed by atoms with van der Waals surface area (Å²) in [5.41, 5.74) is 2.47. The molecule has 2 rings (SSSR count). The van der Waals surface area contributed by atoms with Gasteiger partial charge in [0, 0.05) is 13.6 Å². The van der Waals surface area contributed by atoms with Gasteiger partial charge in [0.15, 0.2) is 4.77 Å². The van der Waals surface area contributed by atoms with E-state index in [0.29, 0.717) is 0 Å². The van der Waals surface area contributed by atoms with Gasteiger partial charge in [-0.1, -0.05) is 25.5 Å². The summed E-state index contributed by atoms with van der Waals surface area (Å²) in [5.74, 6) is 0. The lowest BCUT2D eigenvalue weighted by molar-refractivity contribution is 0.628. The number of unbranched alkanes of at least 4 members (excludes halogenated alkanes) is 1. The molecule has 1 aromatic carbocycles. The SMILES string of the molecule is CCCCn1c(=S)n(C)c2ccccc21. The molecule has 0 bridgehead atoms. The van der Waals surface area contributed by atoms with Crippen LogP contribution in [0, 0.1) is 4.77 Å². The van der Waals surface area contributed by atoms with Crippen molar-refractivity contribution >= 4 is 23.3 Å². The van der Waals surface area contributed by atoms with E-state index in [-0.39, 0.29) is 0 Å². The minimum atomic E-state index is 0.921. The van der Waals surface area contributed by atoms with Crippen LogP contribution in [-0.4, -0.2) is 9.13 Å². The van der Waals surface area contributed by atoms with Gasteiger partial charge in [0.25, 0.3) is 0 Å². The summed E-state index contributed by atoms with van der Waals surface area (Å²) in [4.78, 5) is 0. The minimum absolute atomic E-state index is 0.921. The fraction of sp³-hybridized carbons (Fsp3) is 0.417. The molecule has 1 aromatic heterocycles. The number of nitrogens with zero attached hydrogens (tertiary/aromatic N) is 2. The van der Waals surface area contributed by atoms with Gasteiger partial charge in [-0.25, -0.2) is 0 Å². The molecule has 2 aromatic rings. The van der Waals surface area contributed by atoms with Crippen LogP contribution in [0.5, 0.6) is 0 Å². The highest BCUT2D eigenvalue weighted by Gasteiger charge is 2.05. The molecule has 0 N–H and O–H groups in total. The molecule has 1 heterocycles. The highest BCUT2D eigenvalue weighted by Crippen LogP contribution is 2.17. The molecule has 0 atom stereocenters. The summed E-state index contributed by atoms with van der Waals surface area (Å²) in [7, 11) is 2.03. The molecule has 0 fully saturated rings. The molecule has 3 heteroatoms. The lowest BCUT2D eigenvalue weighted by Gasteiger charge is -2.01. The Kier molecular flexibility index (Phi) is 2.91. The van der Waals surface area contributed by atoms with Gasteiger partial charge in [0.05, 0.1) is 11.0 Å². The number of rotatable bonds is 3. The van der Waals surface area contributed by atoms with Crippen LogP contribution in [0.4, 0.5) is 0 Å². The average molecular weight is 220 g/mol. The van der Waals surface area contributed by atoms with Gasteiger partial charge in [0.1, 0.15) is 0 Å². The van der Waals surface area contributed by atoms with Crippen molar-refractivity contribution in [3.63, 3.8) is 0 Å². The third-order valence-corrected chi connectivity index (χ3v) is 3.28. The second kappa shape index (κ2) is 4.19. The third-order valence-electron chi connectivity index (χ3n) is 2.79. The van der Waals surface area contributed by atoms with Crippen molar-refractivity contribution < 1.29 is 0 Å². The van der Waals surface area contributed by atoms with E-state index in [9.17, 15) is 0 Å². The van der Waals surface area contributed by atoms with Crippen molar-refractivity contribution in [2.45, 2.75) is 26.3 Å². The molecule has 0 saturated heterocycles. The number of fused-ring (bicyclic) bond motifs is 1. The van der Waals surface area contributed by atoms with Gasteiger partial charge in [-0.15, -0.1) is 0 Å². The predicted molar refractivity (Wildman–Crippen MR) is 66.7 cm³/mol. The fourth-order valence-electron chi connectivity index (χ4n) is 1.90. The Hall–Kier alpha value is -1.09. The molecule has 80 valence electrons. The molecule has 0 aliphatic heterocycles. The molecule has 0 radical (unpaired) electrons. The van der Waals surface area contributed by atoms with Crippen molar-refractivity contribution in [2.24, 2.45) is 7.05 Å². The van der Waals surface area contributed by atoms with E-state index in [1.54, 1.807) is 0 Å². The largest absolute Gasteiger partial charge is 0.320 e. The van der Waals surface area contributed by atoms with Gasteiger partial charge in [-0.2, -0.15) is 0 Å². The van der Waals surface area contributed by atoms with E-state index in [4.69, 9.17) is 12.2 Å². The molecule has 0 saturated carbocycles. The predicted octanol–water partition coefficient (Wildman–Crippen LogP) is 3.51. The first-order valence-electron chi connectivity index (χ1n) is 5.40. The summed E-state index contributed by atoms with van der Waals surface area (Å²) < 4.78 is 5.23. The Labute approximate surface area is 95.1 Å². The second-order valence-electron chi connectivity index (χ2n) is 3.84. The fourth-order valence-corrected chi connectivity index (χ4v) is 2.18. The highest BCUT2D eigenvalue weighted by molar-refractivity contribution is 7.71. The molecule has 0 aliphatic rings. The summed E-state index contributed by atoms with van der Waals surface area (Å²) in [6.45, 7) is 3.23. The quantitative estimate of drug-likeness (QED) is 0.720. The number of aromatic nitrogens is 2. The van der Waals surface area contributed by atoms with Crippen LogP contribution < -0.4 is 0 Å². The first kappa shape index (κ1) is 10.4. The van der Waals surface area contributed by atoms with E-state index in [1.165, 1.54) is 23.9 Å². The van der Waals surface area contributed by atoms with Gasteiger partial charge in [-0.05, 0) is 30.8 Å². The molecule has 0 aliphatic carbocycles.